The molecular weight excluding hydrogens is 584 g/mol. The van der Waals surface area contributed by atoms with Gasteiger partial charge in [0, 0.05) is 11.6 Å². The molecule has 0 bridgehead atoms. The summed E-state index contributed by atoms with van der Waals surface area (Å²) in [7, 11) is 1.58. The second kappa shape index (κ2) is 12.7. The maximum Gasteiger partial charge on any atom is 0.333 e. The third kappa shape index (κ3) is 5.98. The Bertz CT molecular complexity index is 1740. The van der Waals surface area contributed by atoms with E-state index >= 15 is 0 Å². The van der Waals surface area contributed by atoms with Gasteiger partial charge in [0.25, 0.3) is 5.56 Å². The average molecular weight is 625 g/mol. The first-order valence-corrected chi connectivity index (χ1v) is 15.7. The smallest absolute Gasteiger partial charge is 0.333 e. The second-order valence-electron chi connectivity index (χ2n) is 12.1. The van der Waals surface area contributed by atoms with Crippen LogP contribution in [0.2, 0.25) is 0 Å². The number of thiophene rings is 1. The molecule has 12 heteroatoms. The number of hydrogen-bond acceptors (Lipinski definition) is 9. The van der Waals surface area contributed by atoms with Gasteiger partial charge in [0.2, 0.25) is 11.8 Å². The summed E-state index contributed by atoms with van der Waals surface area (Å²) in [4.78, 5) is 47.5. The molecule has 236 valence electrons. The van der Waals surface area contributed by atoms with Crippen molar-refractivity contribution in [2.45, 2.75) is 96.7 Å². The van der Waals surface area contributed by atoms with Crippen molar-refractivity contribution in [3.8, 4) is 16.5 Å². The number of fused-ring (bicyclic) bond motifs is 1. The van der Waals surface area contributed by atoms with Gasteiger partial charge in [-0.15, -0.1) is 11.3 Å². The molecule has 11 nitrogen and oxygen atoms in total. The van der Waals surface area contributed by atoms with Crippen LogP contribution in [0.1, 0.15) is 70.6 Å². The number of carbonyl (C=O) groups is 1. The fraction of sp³-hybridized carbons (Fsp3) is 0.500. The van der Waals surface area contributed by atoms with Crippen molar-refractivity contribution >= 4 is 27.5 Å². The molecular formula is C32H40N4O7S. The van der Waals surface area contributed by atoms with Crippen LogP contribution < -0.4 is 21.3 Å². The summed E-state index contributed by atoms with van der Waals surface area (Å²) in [6, 6.07) is 7.29. The zero-order valence-corrected chi connectivity index (χ0v) is 26.8. The minimum atomic E-state index is -1.51. The summed E-state index contributed by atoms with van der Waals surface area (Å²) in [6.45, 7) is 8.63. The minimum absolute atomic E-state index is 0.0435. The lowest BCUT2D eigenvalue weighted by Gasteiger charge is -2.31. The second-order valence-corrected chi connectivity index (χ2v) is 13.1. The quantitative estimate of drug-likeness (QED) is 0.263. The van der Waals surface area contributed by atoms with Gasteiger partial charge in [-0.25, -0.2) is 14.3 Å². The zero-order chi connectivity index (χ0) is 31.8. The molecule has 0 spiro atoms. The first-order chi connectivity index (χ1) is 20.9. The summed E-state index contributed by atoms with van der Waals surface area (Å²) in [5.74, 6) is 0.492. The van der Waals surface area contributed by atoms with E-state index in [1.165, 1.54) is 28.4 Å². The lowest BCUT2D eigenvalue weighted by atomic mass is 9.94. The van der Waals surface area contributed by atoms with Crippen molar-refractivity contribution in [1.29, 1.82) is 0 Å². The number of nitrogens with zero attached hydrogens (tertiary/aromatic N) is 3. The monoisotopic (exact) mass is 624 g/mol. The largest absolute Gasteiger partial charge is 0.496 e. The third-order valence-electron chi connectivity index (χ3n) is 8.21. The van der Waals surface area contributed by atoms with Crippen LogP contribution in [0.5, 0.6) is 5.75 Å². The van der Waals surface area contributed by atoms with Crippen LogP contribution in [0.25, 0.3) is 21.0 Å². The van der Waals surface area contributed by atoms with E-state index in [0.717, 1.165) is 10.1 Å². The van der Waals surface area contributed by atoms with E-state index in [1.54, 1.807) is 27.9 Å². The summed E-state index contributed by atoms with van der Waals surface area (Å²) >= 11 is 1.24. The van der Waals surface area contributed by atoms with Crippen LogP contribution in [-0.2, 0) is 21.6 Å². The van der Waals surface area contributed by atoms with Gasteiger partial charge in [0.1, 0.15) is 28.5 Å². The van der Waals surface area contributed by atoms with E-state index in [4.69, 9.17) is 13.9 Å². The third-order valence-corrected chi connectivity index (χ3v) is 9.51. The van der Waals surface area contributed by atoms with E-state index in [-0.39, 0.29) is 24.8 Å². The normalized spacial score (nSPS) is 18.1. The Hall–Kier alpha value is -3.74. The lowest BCUT2D eigenvalue weighted by Crippen LogP contribution is -2.56. The number of methoxy groups -OCH3 is 1. The number of rotatable bonds is 10. The highest BCUT2D eigenvalue weighted by atomic mass is 32.1. The van der Waals surface area contributed by atoms with E-state index in [1.807, 2.05) is 38.1 Å². The van der Waals surface area contributed by atoms with Gasteiger partial charge in [-0.2, -0.15) is 0 Å². The van der Waals surface area contributed by atoms with Gasteiger partial charge in [-0.05, 0) is 71.9 Å². The van der Waals surface area contributed by atoms with Gasteiger partial charge in [-0.1, -0.05) is 18.2 Å². The van der Waals surface area contributed by atoms with Crippen LogP contribution in [0, 0.1) is 6.92 Å². The fourth-order valence-electron chi connectivity index (χ4n) is 5.81. The van der Waals surface area contributed by atoms with E-state index in [9.17, 15) is 19.5 Å². The van der Waals surface area contributed by atoms with Gasteiger partial charge in [-0.3, -0.25) is 14.2 Å². The number of benzene rings is 1. The molecule has 1 amide bonds. The fourth-order valence-corrected chi connectivity index (χ4v) is 7.05. The van der Waals surface area contributed by atoms with Crippen molar-refractivity contribution < 1.29 is 23.8 Å². The molecule has 0 radical (unpaired) electrons. The summed E-state index contributed by atoms with van der Waals surface area (Å²) in [5.41, 5.74) is -1.35. The van der Waals surface area contributed by atoms with Crippen LogP contribution in [0.4, 0.5) is 0 Å². The maximum absolute atomic E-state index is 14.5. The van der Waals surface area contributed by atoms with Crippen molar-refractivity contribution in [3.05, 3.63) is 68.7 Å². The predicted molar refractivity (Wildman–Crippen MR) is 168 cm³/mol. The van der Waals surface area contributed by atoms with Crippen LogP contribution >= 0.6 is 11.3 Å². The zero-order valence-electron chi connectivity index (χ0n) is 26.0. The first kappa shape index (κ1) is 31.7. The maximum atomic E-state index is 14.5. The van der Waals surface area contributed by atoms with Crippen molar-refractivity contribution in [3.63, 3.8) is 0 Å². The molecule has 1 aromatic carbocycles. The molecule has 4 aromatic rings. The molecule has 44 heavy (non-hydrogen) atoms. The van der Waals surface area contributed by atoms with Crippen LogP contribution in [0.15, 0.2) is 50.7 Å². The number of nitrogens with one attached hydrogen (secondary N) is 1. The number of amides is 1. The molecule has 0 saturated heterocycles. The highest BCUT2D eigenvalue weighted by Gasteiger charge is 2.37. The summed E-state index contributed by atoms with van der Waals surface area (Å²) in [5, 5.41) is 13.3. The van der Waals surface area contributed by atoms with Crippen LogP contribution in [0.3, 0.4) is 0 Å². The Morgan fingerprint density at radius 3 is 2.55 bits per heavy atom. The van der Waals surface area contributed by atoms with E-state index < -0.39 is 28.8 Å². The number of para-hydroxylation sites is 1. The minimum Gasteiger partial charge on any atom is -0.496 e. The number of aliphatic hydroxyl groups excluding tert-OH is 1. The van der Waals surface area contributed by atoms with Gasteiger partial charge >= 0.3 is 5.69 Å². The number of aliphatic hydroxyl groups is 1. The first-order valence-electron chi connectivity index (χ1n) is 14.9. The molecule has 1 aliphatic carbocycles. The molecule has 1 fully saturated rings. The molecule has 0 aliphatic heterocycles. The molecule has 2 N–H and O–H groups in total. The Balaban J connectivity index is 1.74. The van der Waals surface area contributed by atoms with Crippen LogP contribution in [-0.4, -0.2) is 50.5 Å². The van der Waals surface area contributed by atoms with Crippen molar-refractivity contribution in [1.82, 2.24) is 19.4 Å². The van der Waals surface area contributed by atoms with E-state index in [0.29, 0.717) is 58.0 Å². The molecule has 3 heterocycles. The Morgan fingerprint density at radius 1 is 1.20 bits per heavy atom. The number of carbonyl (C=O) groups excluding carboxylic acids is 1. The number of aryl methyl sites for hydroxylation is 1. The number of oxazole rings is 1. The SMILES string of the molecule is COc1ccccc1[C@H](Cn1c(=O)n(C(C)(C)C(=O)NC(C)C)c(=O)c2c(C)c(-c3ncco3)sc21)O[C@H]1CC[C@@H](O)CC1. The van der Waals surface area contributed by atoms with Gasteiger partial charge < -0.3 is 24.3 Å². The lowest BCUT2D eigenvalue weighted by molar-refractivity contribution is -0.129. The summed E-state index contributed by atoms with van der Waals surface area (Å²) in [6.07, 6.45) is 4.43. The molecule has 1 atom stereocenters. The highest BCUT2D eigenvalue weighted by molar-refractivity contribution is 7.22. The molecule has 1 aliphatic rings. The standard InChI is InChI=1S/C32H40N4O7S/c1-18(2)34-30(39)32(4,5)36-28(38)25-19(3)26(27-33-15-16-42-27)44-29(25)35(31(36)40)17-24(22-9-7-8-10-23(22)41-6)43-21-13-11-20(37)12-14-21/h7-10,15-16,18,20-21,24,37H,11-14,17H2,1-6H3,(H,34,39)/t20-,21+,24-/m0/s1. The topological polar surface area (TPSA) is 138 Å². The molecule has 5 rings (SSSR count). The average Bonchev–Trinajstić information content (AvgIpc) is 3.63. The van der Waals surface area contributed by atoms with Crippen molar-refractivity contribution in [2.75, 3.05) is 7.11 Å². The molecule has 1 saturated carbocycles. The Morgan fingerprint density at radius 2 is 1.91 bits per heavy atom. The molecule has 0 unspecified atom stereocenters. The van der Waals surface area contributed by atoms with E-state index in [2.05, 4.69) is 10.3 Å². The summed E-state index contributed by atoms with van der Waals surface area (Å²) < 4.78 is 20.5. The van der Waals surface area contributed by atoms with Gasteiger partial charge in [0.15, 0.2) is 0 Å². The Labute approximate surface area is 259 Å². The Kier molecular flexibility index (Phi) is 9.15. The number of ether oxygens (including phenoxy) is 2. The predicted octanol–water partition coefficient (Wildman–Crippen LogP) is 4.52. The van der Waals surface area contributed by atoms with Gasteiger partial charge in [0.05, 0.1) is 42.3 Å². The number of hydrogen-bond donors (Lipinski definition) is 2. The number of aromatic nitrogens is 3. The highest BCUT2D eigenvalue weighted by Crippen LogP contribution is 2.38. The molecule has 3 aromatic heterocycles. The van der Waals surface area contributed by atoms with Crippen molar-refractivity contribution in [2.24, 2.45) is 0 Å².